The van der Waals surface area contributed by atoms with Crippen molar-refractivity contribution in [2.75, 3.05) is 33.8 Å². The molecular formula is C15H23ClN2O2. The van der Waals surface area contributed by atoms with Crippen LogP contribution in [0, 0.1) is 0 Å². The number of amides is 1. The average Bonchev–Trinajstić information content (AvgIpc) is 2.45. The molecule has 1 aromatic carbocycles. The van der Waals surface area contributed by atoms with Gasteiger partial charge in [-0.05, 0) is 24.6 Å². The number of nitrogens with one attached hydrogen (secondary N) is 1. The molecule has 0 saturated carbocycles. The third-order valence-corrected chi connectivity index (χ3v) is 3.58. The average molecular weight is 299 g/mol. The van der Waals surface area contributed by atoms with E-state index in [0.717, 1.165) is 19.5 Å². The highest BCUT2D eigenvalue weighted by atomic mass is 35.5. The Morgan fingerprint density at radius 1 is 1.45 bits per heavy atom. The molecule has 4 nitrogen and oxygen atoms in total. The second-order valence-corrected chi connectivity index (χ2v) is 4.93. The minimum atomic E-state index is -0.0884. The SMILES string of the molecule is CNCCN(C)C(=O)CC1OCCc2ccccc21.Cl. The minimum Gasteiger partial charge on any atom is -0.373 e. The summed E-state index contributed by atoms with van der Waals surface area (Å²) >= 11 is 0. The summed E-state index contributed by atoms with van der Waals surface area (Å²) in [5.41, 5.74) is 2.48. The van der Waals surface area contributed by atoms with Gasteiger partial charge in [-0.3, -0.25) is 4.79 Å². The summed E-state index contributed by atoms with van der Waals surface area (Å²) in [7, 11) is 3.73. The number of likely N-dealkylation sites (N-methyl/N-ethyl adjacent to an activating group) is 2. The summed E-state index contributed by atoms with van der Waals surface area (Å²) in [5.74, 6) is 0.136. The molecule has 0 aliphatic carbocycles. The number of hydrogen-bond donors (Lipinski definition) is 1. The van der Waals surface area contributed by atoms with Gasteiger partial charge in [0.25, 0.3) is 0 Å². The third kappa shape index (κ3) is 4.20. The van der Waals surface area contributed by atoms with Gasteiger partial charge in [-0.15, -0.1) is 12.4 Å². The van der Waals surface area contributed by atoms with E-state index in [9.17, 15) is 4.79 Å². The van der Waals surface area contributed by atoms with E-state index in [1.54, 1.807) is 4.90 Å². The van der Waals surface area contributed by atoms with E-state index < -0.39 is 0 Å². The molecule has 1 amide bonds. The smallest absolute Gasteiger partial charge is 0.225 e. The van der Waals surface area contributed by atoms with Crippen LogP contribution in [-0.4, -0.2) is 44.6 Å². The molecular weight excluding hydrogens is 276 g/mol. The fraction of sp³-hybridized carbons (Fsp3) is 0.533. The van der Waals surface area contributed by atoms with Gasteiger partial charge >= 0.3 is 0 Å². The van der Waals surface area contributed by atoms with E-state index in [-0.39, 0.29) is 24.4 Å². The normalized spacial score (nSPS) is 17.0. The van der Waals surface area contributed by atoms with Gasteiger partial charge in [0.15, 0.2) is 0 Å². The van der Waals surface area contributed by atoms with E-state index >= 15 is 0 Å². The van der Waals surface area contributed by atoms with Crippen LogP contribution in [0.25, 0.3) is 0 Å². The molecule has 0 fully saturated rings. The Morgan fingerprint density at radius 2 is 2.20 bits per heavy atom. The number of carbonyl (C=O) groups excluding carboxylic acids is 1. The van der Waals surface area contributed by atoms with Crippen molar-refractivity contribution in [3.05, 3.63) is 35.4 Å². The first-order valence-electron chi connectivity index (χ1n) is 6.80. The summed E-state index contributed by atoms with van der Waals surface area (Å²) in [4.78, 5) is 13.9. The molecule has 0 radical (unpaired) electrons. The molecule has 1 N–H and O–H groups in total. The Bertz CT molecular complexity index is 440. The van der Waals surface area contributed by atoms with Crippen molar-refractivity contribution >= 4 is 18.3 Å². The first-order valence-corrected chi connectivity index (χ1v) is 6.80. The largest absolute Gasteiger partial charge is 0.373 e. The Balaban J connectivity index is 0.00000200. The van der Waals surface area contributed by atoms with Crippen LogP contribution in [0.4, 0.5) is 0 Å². The third-order valence-electron chi connectivity index (χ3n) is 3.58. The molecule has 1 aliphatic rings. The number of fused-ring (bicyclic) bond motifs is 1. The topological polar surface area (TPSA) is 41.6 Å². The van der Waals surface area contributed by atoms with Crippen LogP contribution >= 0.6 is 12.4 Å². The van der Waals surface area contributed by atoms with Crippen LogP contribution in [0.2, 0.25) is 0 Å². The van der Waals surface area contributed by atoms with Crippen LogP contribution in [0.5, 0.6) is 0 Å². The van der Waals surface area contributed by atoms with E-state index in [1.165, 1.54) is 11.1 Å². The second kappa shape index (κ2) is 8.25. The van der Waals surface area contributed by atoms with Gasteiger partial charge in [0.05, 0.1) is 19.1 Å². The van der Waals surface area contributed by atoms with E-state index in [4.69, 9.17) is 4.74 Å². The Hall–Kier alpha value is -1.10. The Kier molecular flexibility index (Phi) is 6.99. The van der Waals surface area contributed by atoms with E-state index in [2.05, 4.69) is 17.4 Å². The van der Waals surface area contributed by atoms with Crippen molar-refractivity contribution in [1.82, 2.24) is 10.2 Å². The maximum absolute atomic E-state index is 12.1. The van der Waals surface area contributed by atoms with Crippen molar-refractivity contribution in [3.8, 4) is 0 Å². The molecule has 1 unspecified atom stereocenters. The number of hydrogen-bond acceptors (Lipinski definition) is 3. The molecule has 1 atom stereocenters. The molecule has 0 bridgehead atoms. The van der Waals surface area contributed by atoms with Crippen LogP contribution < -0.4 is 5.32 Å². The zero-order valence-corrected chi connectivity index (χ0v) is 12.9. The van der Waals surface area contributed by atoms with Crippen molar-refractivity contribution in [2.45, 2.75) is 18.9 Å². The predicted molar refractivity (Wildman–Crippen MR) is 82.3 cm³/mol. The molecule has 0 spiro atoms. The van der Waals surface area contributed by atoms with Gasteiger partial charge in [-0.2, -0.15) is 0 Å². The zero-order valence-electron chi connectivity index (χ0n) is 12.1. The highest BCUT2D eigenvalue weighted by Gasteiger charge is 2.24. The Morgan fingerprint density at radius 3 is 2.95 bits per heavy atom. The summed E-state index contributed by atoms with van der Waals surface area (Å²) in [5, 5.41) is 3.05. The van der Waals surface area contributed by atoms with Gasteiger partial charge in [0.1, 0.15) is 0 Å². The van der Waals surface area contributed by atoms with Crippen molar-refractivity contribution in [2.24, 2.45) is 0 Å². The lowest BCUT2D eigenvalue weighted by atomic mass is 9.95. The lowest BCUT2D eigenvalue weighted by Crippen LogP contribution is -2.34. The molecule has 20 heavy (non-hydrogen) atoms. The second-order valence-electron chi connectivity index (χ2n) is 4.93. The van der Waals surface area contributed by atoms with Crippen molar-refractivity contribution < 1.29 is 9.53 Å². The van der Waals surface area contributed by atoms with E-state index in [0.29, 0.717) is 13.0 Å². The number of nitrogens with zero attached hydrogens (tertiary/aromatic N) is 1. The number of halogens is 1. The quantitative estimate of drug-likeness (QED) is 0.901. The van der Waals surface area contributed by atoms with Crippen LogP contribution in [-0.2, 0) is 16.0 Å². The van der Waals surface area contributed by atoms with Gasteiger partial charge in [-0.25, -0.2) is 0 Å². The molecule has 1 heterocycles. The lowest BCUT2D eigenvalue weighted by molar-refractivity contribution is -0.133. The summed E-state index contributed by atoms with van der Waals surface area (Å²) < 4.78 is 5.77. The number of ether oxygens (including phenoxy) is 1. The van der Waals surface area contributed by atoms with Crippen molar-refractivity contribution in [3.63, 3.8) is 0 Å². The van der Waals surface area contributed by atoms with Crippen molar-refractivity contribution in [1.29, 1.82) is 0 Å². The molecule has 112 valence electrons. The first-order chi connectivity index (χ1) is 9.22. The van der Waals surface area contributed by atoms with Gasteiger partial charge in [0.2, 0.25) is 5.91 Å². The summed E-state index contributed by atoms with van der Waals surface area (Å²) in [6, 6.07) is 8.25. The maximum atomic E-state index is 12.1. The molecule has 2 rings (SSSR count). The Labute approximate surface area is 126 Å². The summed E-state index contributed by atoms with van der Waals surface area (Å²) in [6.07, 6.45) is 1.28. The standard InChI is InChI=1S/C15H22N2O2.ClH/c1-16-8-9-17(2)15(18)11-14-13-6-4-3-5-12(13)7-10-19-14;/h3-6,14,16H,7-11H2,1-2H3;1H. The molecule has 1 aliphatic heterocycles. The molecule has 5 heteroatoms. The van der Waals surface area contributed by atoms with Crippen LogP contribution in [0.1, 0.15) is 23.7 Å². The minimum absolute atomic E-state index is 0. The number of rotatable bonds is 5. The van der Waals surface area contributed by atoms with Crippen LogP contribution in [0.15, 0.2) is 24.3 Å². The highest BCUT2D eigenvalue weighted by Crippen LogP contribution is 2.29. The van der Waals surface area contributed by atoms with Gasteiger partial charge in [0, 0.05) is 20.1 Å². The predicted octanol–water partition coefficient (Wildman–Crippen LogP) is 1.79. The summed E-state index contributed by atoms with van der Waals surface area (Å²) in [6.45, 7) is 2.24. The fourth-order valence-electron chi connectivity index (χ4n) is 2.36. The zero-order chi connectivity index (χ0) is 13.7. The molecule has 1 aromatic rings. The van der Waals surface area contributed by atoms with Gasteiger partial charge in [-0.1, -0.05) is 24.3 Å². The molecule has 0 aromatic heterocycles. The molecule has 0 saturated heterocycles. The fourth-order valence-corrected chi connectivity index (χ4v) is 2.36. The maximum Gasteiger partial charge on any atom is 0.225 e. The first kappa shape index (κ1) is 17.0. The van der Waals surface area contributed by atoms with E-state index in [1.807, 2.05) is 26.2 Å². The van der Waals surface area contributed by atoms with Crippen LogP contribution in [0.3, 0.4) is 0 Å². The monoisotopic (exact) mass is 298 g/mol. The van der Waals surface area contributed by atoms with Gasteiger partial charge < -0.3 is 15.0 Å². The number of carbonyl (C=O) groups is 1. The number of benzene rings is 1. The highest BCUT2D eigenvalue weighted by molar-refractivity contribution is 5.85. The lowest BCUT2D eigenvalue weighted by Gasteiger charge is -2.27.